The minimum atomic E-state index is -0.188. The molecule has 0 saturated carbocycles. The maximum Gasteiger partial charge on any atom is 0.191 e. The van der Waals surface area contributed by atoms with E-state index in [0.717, 1.165) is 18.7 Å². The van der Waals surface area contributed by atoms with Crippen LogP contribution in [0.25, 0.3) is 0 Å². The topological polar surface area (TPSA) is 48.9 Å². The summed E-state index contributed by atoms with van der Waals surface area (Å²) in [6.07, 6.45) is 0. The van der Waals surface area contributed by atoms with Crippen LogP contribution in [0.2, 0.25) is 0 Å². The Labute approximate surface area is 162 Å². The number of guanidine groups is 1. The molecule has 0 spiro atoms. The molecule has 7 heteroatoms. The first-order chi connectivity index (χ1) is 11.2. The summed E-state index contributed by atoms with van der Waals surface area (Å²) in [6, 6.07) is 5.36. The van der Waals surface area contributed by atoms with Gasteiger partial charge in [-0.15, -0.1) is 24.0 Å². The molecule has 0 amide bonds. The van der Waals surface area contributed by atoms with Crippen LogP contribution in [0, 0.1) is 5.82 Å². The minimum absolute atomic E-state index is 0. The van der Waals surface area contributed by atoms with Crippen molar-refractivity contribution in [1.29, 1.82) is 0 Å². The zero-order valence-corrected chi connectivity index (χ0v) is 17.4. The van der Waals surface area contributed by atoms with E-state index in [0.29, 0.717) is 38.0 Å². The number of hydrogen-bond donors (Lipinski definition) is 2. The molecule has 1 rings (SSSR count). The molecule has 0 bridgehead atoms. The van der Waals surface area contributed by atoms with Crippen LogP contribution in [0.5, 0.6) is 0 Å². The van der Waals surface area contributed by atoms with Gasteiger partial charge in [0.25, 0.3) is 0 Å². The highest BCUT2D eigenvalue weighted by molar-refractivity contribution is 14.0. The van der Waals surface area contributed by atoms with Crippen molar-refractivity contribution in [1.82, 2.24) is 10.6 Å². The predicted molar refractivity (Wildman–Crippen MR) is 110 cm³/mol. The summed E-state index contributed by atoms with van der Waals surface area (Å²) in [5.74, 6) is 0.491. The summed E-state index contributed by atoms with van der Waals surface area (Å²) < 4.78 is 19.5. The number of nitrogens with one attached hydrogen (secondary N) is 2. The molecule has 5 nitrogen and oxygen atoms in total. The zero-order chi connectivity index (χ0) is 17.1. The molecule has 138 valence electrons. The van der Waals surface area contributed by atoms with Gasteiger partial charge in [-0.1, -0.05) is 6.07 Å². The van der Waals surface area contributed by atoms with E-state index in [9.17, 15) is 4.39 Å². The lowest BCUT2D eigenvalue weighted by Crippen LogP contribution is -2.38. The summed E-state index contributed by atoms with van der Waals surface area (Å²) in [5, 5.41) is 6.32. The lowest BCUT2D eigenvalue weighted by Gasteiger charge is -2.22. The Morgan fingerprint density at radius 2 is 1.92 bits per heavy atom. The van der Waals surface area contributed by atoms with E-state index in [1.54, 1.807) is 13.1 Å². The van der Waals surface area contributed by atoms with Gasteiger partial charge < -0.3 is 20.3 Å². The number of rotatable bonds is 9. The summed E-state index contributed by atoms with van der Waals surface area (Å²) in [7, 11) is 1.71. The number of hydrogen-bond acceptors (Lipinski definition) is 3. The normalized spacial score (nSPS) is 11.0. The Balaban J connectivity index is 0.00000529. The highest BCUT2D eigenvalue weighted by Gasteiger charge is 2.09. The Morgan fingerprint density at radius 3 is 2.46 bits per heavy atom. The SMILES string of the molecule is CCOCCNC(=NC)NCc1ccc(N(CC)CC)c(F)c1.I. The highest BCUT2D eigenvalue weighted by Crippen LogP contribution is 2.20. The number of ether oxygens (including phenoxy) is 1. The van der Waals surface area contributed by atoms with Gasteiger partial charge in [0.05, 0.1) is 12.3 Å². The molecule has 0 aromatic heterocycles. The second kappa shape index (κ2) is 13.2. The molecule has 0 radical (unpaired) electrons. The molecule has 0 fully saturated rings. The van der Waals surface area contributed by atoms with Gasteiger partial charge in [-0.05, 0) is 38.5 Å². The number of nitrogens with zero attached hydrogens (tertiary/aromatic N) is 2. The van der Waals surface area contributed by atoms with Gasteiger partial charge in [0.15, 0.2) is 5.96 Å². The largest absolute Gasteiger partial charge is 0.380 e. The molecule has 1 aromatic rings. The van der Waals surface area contributed by atoms with Gasteiger partial charge in [0.2, 0.25) is 0 Å². The van der Waals surface area contributed by atoms with Crippen molar-refractivity contribution in [2.24, 2.45) is 4.99 Å². The Hall–Kier alpha value is -1.09. The summed E-state index contributed by atoms with van der Waals surface area (Å²) in [6.45, 7) is 10.1. The Bertz CT molecular complexity index is 495. The molecule has 0 atom stereocenters. The van der Waals surface area contributed by atoms with Crippen LogP contribution >= 0.6 is 24.0 Å². The van der Waals surface area contributed by atoms with Gasteiger partial charge in [-0.25, -0.2) is 4.39 Å². The van der Waals surface area contributed by atoms with Gasteiger partial charge in [0.1, 0.15) is 5.82 Å². The van der Waals surface area contributed by atoms with Crippen LogP contribution in [0.15, 0.2) is 23.2 Å². The van der Waals surface area contributed by atoms with E-state index in [4.69, 9.17) is 4.74 Å². The van der Waals surface area contributed by atoms with Crippen molar-refractivity contribution in [2.45, 2.75) is 27.3 Å². The fourth-order valence-corrected chi connectivity index (χ4v) is 2.27. The first kappa shape index (κ1) is 22.9. The molecular formula is C17H30FIN4O. The van der Waals surface area contributed by atoms with E-state index in [1.165, 1.54) is 0 Å². The van der Waals surface area contributed by atoms with Crippen molar-refractivity contribution in [3.05, 3.63) is 29.6 Å². The fourth-order valence-electron chi connectivity index (χ4n) is 2.27. The van der Waals surface area contributed by atoms with Crippen molar-refractivity contribution in [2.75, 3.05) is 44.8 Å². The van der Waals surface area contributed by atoms with Crippen LogP contribution < -0.4 is 15.5 Å². The molecule has 1 aromatic carbocycles. The molecule has 24 heavy (non-hydrogen) atoms. The van der Waals surface area contributed by atoms with E-state index >= 15 is 0 Å². The van der Waals surface area contributed by atoms with Gasteiger partial charge >= 0.3 is 0 Å². The molecule has 0 aliphatic heterocycles. The van der Waals surface area contributed by atoms with Crippen LogP contribution in [0.1, 0.15) is 26.3 Å². The van der Waals surface area contributed by atoms with Gasteiger partial charge in [-0.3, -0.25) is 4.99 Å². The summed E-state index contributed by atoms with van der Waals surface area (Å²) in [5.41, 5.74) is 1.53. The molecule has 0 aliphatic rings. The van der Waals surface area contributed by atoms with E-state index in [-0.39, 0.29) is 29.8 Å². The lowest BCUT2D eigenvalue weighted by molar-refractivity contribution is 0.152. The molecule has 0 unspecified atom stereocenters. The van der Waals surface area contributed by atoms with Gasteiger partial charge in [-0.2, -0.15) is 0 Å². The quantitative estimate of drug-likeness (QED) is 0.262. The van der Waals surface area contributed by atoms with Crippen molar-refractivity contribution in [3.63, 3.8) is 0 Å². The summed E-state index contributed by atoms with van der Waals surface area (Å²) >= 11 is 0. The average molecular weight is 452 g/mol. The van der Waals surface area contributed by atoms with Crippen LogP contribution in [-0.2, 0) is 11.3 Å². The zero-order valence-electron chi connectivity index (χ0n) is 15.1. The maximum atomic E-state index is 14.2. The Morgan fingerprint density at radius 1 is 1.21 bits per heavy atom. The fraction of sp³-hybridized carbons (Fsp3) is 0.588. The van der Waals surface area contributed by atoms with Crippen LogP contribution in [0.4, 0.5) is 10.1 Å². The van der Waals surface area contributed by atoms with Crippen molar-refractivity contribution >= 4 is 35.6 Å². The summed E-state index contributed by atoms with van der Waals surface area (Å²) in [4.78, 5) is 6.13. The number of halogens is 2. The molecule has 0 saturated heterocycles. The predicted octanol–water partition coefficient (Wildman–Crippen LogP) is 2.99. The van der Waals surface area contributed by atoms with E-state index in [1.807, 2.05) is 37.8 Å². The van der Waals surface area contributed by atoms with Crippen LogP contribution in [0.3, 0.4) is 0 Å². The second-order valence-corrected chi connectivity index (χ2v) is 5.01. The molecule has 0 aliphatic carbocycles. The van der Waals surface area contributed by atoms with Crippen molar-refractivity contribution < 1.29 is 9.13 Å². The standard InChI is InChI=1S/C17H29FN4O.HI/c1-5-22(6-2)16-9-8-14(12-15(16)18)13-21-17(19-4)20-10-11-23-7-3;/h8-9,12H,5-7,10-11,13H2,1-4H3,(H2,19,20,21);1H. The lowest BCUT2D eigenvalue weighted by atomic mass is 10.2. The maximum absolute atomic E-state index is 14.2. The number of anilines is 1. The number of aliphatic imine (C=N–C) groups is 1. The van der Waals surface area contributed by atoms with E-state index < -0.39 is 0 Å². The average Bonchev–Trinajstić information content (AvgIpc) is 2.57. The third-order valence-corrected chi connectivity index (χ3v) is 3.54. The molecule has 2 N–H and O–H groups in total. The minimum Gasteiger partial charge on any atom is -0.380 e. The number of benzene rings is 1. The second-order valence-electron chi connectivity index (χ2n) is 5.01. The highest BCUT2D eigenvalue weighted by atomic mass is 127. The molecule has 0 heterocycles. The van der Waals surface area contributed by atoms with Gasteiger partial charge in [0, 0.05) is 39.8 Å². The smallest absolute Gasteiger partial charge is 0.191 e. The van der Waals surface area contributed by atoms with Crippen molar-refractivity contribution in [3.8, 4) is 0 Å². The third-order valence-electron chi connectivity index (χ3n) is 3.54. The Kier molecular flexibility index (Phi) is 12.6. The molecular weight excluding hydrogens is 422 g/mol. The first-order valence-corrected chi connectivity index (χ1v) is 8.21. The third kappa shape index (κ3) is 7.65. The van der Waals surface area contributed by atoms with E-state index in [2.05, 4.69) is 15.6 Å². The monoisotopic (exact) mass is 452 g/mol. The van der Waals surface area contributed by atoms with Crippen LogP contribution in [-0.4, -0.2) is 45.9 Å². The first-order valence-electron chi connectivity index (χ1n) is 8.21.